The summed E-state index contributed by atoms with van der Waals surface area (Å²) in [5, 5.41) is 19.4. The molecule has 2 N–H and O–H groups in total. The Morgan fingerprint density at radius 1 is 1.18 bits per heavy atom. The molecule has 3 atom stereocenters. The second kappa shape index (κ2) is 5.15. The minimum atomic E-state index is -0.825. The van der Waals surface area contributed by atoms with E-state index in [0.717, 1.165) is 5.56 Å². The number of aliphatic carboxylic acids is 1. The van der Waals surface area contributed by atoms with E-state index in [1.807, 2.05) is 42.5 Å². The van der Waals surface area contributed by atoms with Gasteiger partial charge in [-0.15, -0.1) is 0 Å². The second-order valence-corrected chi connectivity index (χ2v) is 4.41. The molecule has 3 unspecified atom stereocenters. The molecule has 0 fully saturated rings. The predicted molar refractivity (Wildman–Crippen MR) is 64.4 cm³/mol. The number of carbonyl (C=O) groups is 1. The van der Waals surface area contributed by atoms with Crippen LogP contribution in [0.25, 0.3) is 0 Å². The Hall–Kier alpha value is -1.61. The van der Waals surface area contributed by atoms with Gasteiger partial charge in [0.05, 0.1) is 12.0 Å². The molecule has 0 bridgehead atoms. The number of hydrogen-bond donors (Lipinski definition) is 2. The van der Waals surface area contributed by atoms with Gasteiger partial charge in [-0.2, -0.15) is 0 Å². The van der Waals surface area contributed by atoms with E-state index >= 15 is 0 Å². The average Bonchev–Trinajstić information content (AvgIpc) is 2.39. The molecule has 2 rings (SSSR count). The zero-order chi connectivity index (χ0) is 12.3. The molecule has 1 aromatic carbocycles. The number of aliphatic hydroxyl groups is 1. The van der Waals surface area contributed by atoms with Crippen LogP contribution in [-0.2, 0) is 4.79 Å². The fourth-order valence-electron chi connectivity index (χ4n) is 2.37. The molecular formula is C14H16O3. The molecule has 1 aliphatic rings. The van der Waals surface area contributed by atoms with Crippen LogP contribution in [0.5, 0.6) is 0 Å². The molecule has 1 aromatic rings. The largest absolute Gasteiger partial charge is 0.481 e. The maximum atomic E-state index is 11.2. The maximum absolute atomic E-state index is 11.2. The van der Waals surface area contributed by atoms with Crippen molar-refractivity contribution >= 4 is 5.97 Å². The van der Waals surface area contributed by atoms with Crippen molar-refractivity contribution in [2.24, 2.45) is 11.8 Å². The highest BCUT2D eigenvalue weighted by atomic mass is 16.4. The lowest BCUT2D eigenvalue weighted by atomic mass is 9.77. The number of carboxylic acids is 1. The lowest BCUT2D eigenvalue weighted by Gasteiger charge is -2.29. The van der Waals surface area contributed by atoms with E-state index in [1.165, 1.54) is 0 Å². The van der Waals surface area contributed by atoms with Crippen molar-refractivity contribution in [3.05, 3.63) is 48.0 Å². The third kappa shape index (κ3) is 2.56. The van der Waals surface area contributed by atoms with Gasteiger partial charge in [0.15, 0.2) is 0 Å². The highest BCUT2D eigenvalue weighted by molar-refractivity contribution is 5.71. The predicted octanol–water partition coefficient (Wildman–Crippen LogP) is 2.39. The summed E-state index contributed by atoms with van der Waals surface area (Å²) in [6.45, 7) is 0. The molecule has 1 aliphatic carbocycles. The first-order chi connectivity index (χ1) is 8.20. The van der Waals surface area contributed by atoms with Gasteiger partial charge in [-0.3, -0.25) is 4.79 Å². The van der Waals surface area contributed by atoms with Crippen LogP contribution >= 0.6 is 0 Å². The molecule has 0 heterocycles. The standard InChI is InChI=1S/C14H16O3/c15-13(10-6-2-1-3-7-10)11-8-4-5-9-12(11)14(16)17/h1-7,11-13,15H,8-9H2,(H,16,17). The summed E-state index contributed by atoms with van der Waals surface area (Å²) < 4.78 is 0. The highest BCUT2D eigenvalue weighted by Gasteiger charge is 2.34. The first-order valence-electron chi connectivity index (χ1n) is 5.81. The van der Waals surface area contributed by atoms with E-state index in [2.05, 4.69) is 0 Å². The Balaban J connectivity index is 2.20. The van der Waals surface area contributed by atoms with Crippen LogP contribution in [0.3, 0.4) is 0 Å². The van der Waals surface area contributed by atoms with E-state index in [1.54, 1.807) is 0 Å². The summed E-state index contributed by atoms with van der Waals surface area (Å²) in [5.41, 5.74) is 0.791. The number of hydrogen-bond acceptors (Lipinski definition) is 2. The van der Waals surface area contributed by atoms with Crippen molar-refractivity contribution in [3.8, 4) is 0 Å². The fraction of sp³-hybridized carbons (Fsp3) is 0.357. The van der Waals surface area contributed by atoms with Crippen LogP contribution in [0.2, 0.25) is 0 Å². The third-order valence-corrected chi connectivity index (χ3v) is 3.35. The van der Waals surface area contributed by atoms with Gasteiger partial charge < -0.3 is 10.2 Å². The molecule has 3 heteroatoms. The van der Waals surface area contributed by atoms with Crippen LogP contribution in [0.15, 0.2) is 42.5 Å². The lowest BCUT2D eigenvalue weighted by Crippen LogP contribution is -2.29. The number of aliphatic hydroxyl groups excluding tert-OH is 1. The summed E-state index contributed by atoms with van der Waals surface area (Å²) in [6, 6.07) is 9.26. The molecule has 0 aliphatic heterocycles. The van der Waals surface area contributed by atoms with Crippen LogP contribution < -0.4 is 0 Å². The zero-order valence-corrected chi connectivity index (χ0v) is 9.49. The molecule has 0 amide bonds. The average molecular weight is 232 g/mol. The van der Waals surface area contributed by atoms with Crippen LogP contribution in [0.4, 0.5) is 0 Å². The fourth-order valence-corrected chi connectivity index (χ4v) is 2.37. The normalized spacial score (nSPS) is 25.5. The van der Waals surface area contributed by atoms with E-state index in [4.69, 9.17) is 5.11 Å². The molecule has 0 saturated heterocycles. The molecule has 0 aromatic heterocycles. The topological polar surface area (TPSA) is 57.5 Å². The van der Waals surface area contributed by atoms with E-state index in [9.17, 15) is 9.90 Å². The smallest absolute Gasteiger partial charge is 0.307 e. The summed E-state index contributed by atoms with van der Waals surface area (Å²) in [6.07, 6.45) is 4.25. The Kier molecular flexibility index (Phi) is 3.59. The van der Waals surface area contributed by atoms with E-state index in [0.29, 0.717) is 12.8 Å². The van der Waals surface area contributed by atoms with Gasteiger partial charge in [-0.25, -0.2) is 0 Å². The Morgan fingerprint density at radius 3 is 2.47 bits per heavy atom. The monoisotopic (exact) mass is 232 g/mol. The van der Waals surface area contributed by atoms with Gasteiger partial charge in [0, 0.05) is 5.92 Å². The van der Waals surface area contributed by atoms with Gasteiger partial charge in [0.25, 0.3) is 0 Å². The summed E-state index contributed by atoms with van der Waals surface area (Å²) in [7, 11) is 0. The van der Waals surface area contributed by atoms with Gasteiger partial charge in [0.2, 0.25) is 0 Å². The third-order valence-electron chi connectivity index (χ3n) is 3.35. The zero-order valence-electron chi connectivity index (χ0n) is 9.49. The number of benzene rings is 1. The molecule has 0 radical (unpaired) electrons. The quantitative estimate of drug-likeness (QED) is 0.787. The number of carboxylic acid groups (broad SMARTS) is 1. The summed E-state index contributed by atoms with van der Waals surface area (Å²) in [5.74, 6) is -1.55. The van der Waals surface area contributed by atoms with E-state index in [-0.39, 0.29) is 5.92 Å². The van der Waals surface area contributed by atoms with Crippen LogP contribution in [0.1, 0.15) is 24.5 Å². The SMILES string of the molecule is O=C(O)C1CC=CCC1C(O)c1ccccc1. The first kappa shape index (κ1) is 11.9. The van der Waals surface area contributed by atoms with Gasteiger partial charge in [-0.05, 0) is 18.4 Å². The van der Waals surface area contributed by atoms with Crippen molar-refractivity contribution in [1.82, 2.24) is 0 Å². The van der Waals surface area contributed by atoms with Crippen LogP contribution in [0, 0.1) is 11.8 Å². The molecular weight excluding hydrogens is 216 g/mol. The Labute approximate surface area is 100 Å². The Bertz CT molecular complexity index is 411. The first-order valence-corrected chi connectivity index (χ1v) is 5.81. The van der Waals surface area contributed by atoms with Crippen LogP contribution in [-0.4, -0.2) is 16.2 Å². The van der Waals surface area contributed by atoms with Crippen molar-refractivity contribution in [2.75, 3.05) is 0 Å². The maximum Gasteiger partial charge on any atom is 0.307 e. The minimum Gasteiger partial charge on any atom is -0.481 e. The molecule has 3 nitrogen and oxygen atoms in total. The van der Waals surface area contributed by atoms with Gasteiger partial charge in [-0.1, -0.05) is 42.5 Å². The van der Waals surface area contributed by atoms with E-state index < -0.39 is 18.0 Å². The minimum absolute atomic E-state index is 0.236. The van der Waals surface area contributed by atoms with Crippen molar-refractivity contribution in [3.63, 3.8) is 0 Å². The van der Waals surface area contributed by atoms with Gasteiger partial charge in [0.1, 0.15) is 0 Å². The van der Waals surface area contributed by atoms with Crippen molar-refractivity contribution in [1.29, 1.82) is 0 Å². The summed E-state index contributed by atoms with van der Waals surface area (Å²) in [4.78, 5) is 11.2. The van der Waals surface area contributed by atoms with Crippen molar-refractivity contribution in [2.45, 2.75) is 18.9 Å². The second-order valence-electron chi connectivity index (χ2n) is 4.41. The lowest BCUT2D eigenvalue weighted by molar-refractivity contribution is -0.145. The van der Waals surface area contributed by atoms with Gasteiger partial charge >= 0.3 is 5.97 Å². The Morgan fingerprint density at radius 2 is 1.82 bits per heavy atom. The molecule has 17 heavy (non-hydrogen) atoms. The number of rotatable bonds is 3. The highest BCUT2D eigenvalue weighted by Crippen LogP contribution is 2.35. The summed E-state index contributed by atoms with van der Waals surface area (Å²) >= 11 is 0. The van der Waals surface area contributed by atoms with Crippen molar-refractivity contribution < 1.29 is 15.0 Å². The molecule has 0 saturated carbocycles. The molecule has 0 spiro atoms. The molecule has 90 valence electrons. The number of allylic oxidation sites excluding steroid dienone is 2.